The van der Waals surface area contributed by atoms with Crippen molar-refractivity contribution in [3.8, 4) is 0 Å². The number of rotatable bonds is 6. The van der Waals surface area contributed by atoms with Gasteiger partial charge in [-0.15, -0.1) is 0 Å². The molecule has 1 aromatic heterocycles. The summed E-state index contributed by atoms with van der Waals surface area (Å²) in [4.78, 5) is 6.39. The topological polar surface area (TPSA) is 54.2 Å². The molecule has 106 valence electrons. The van der Waals surface area contributed by atoms with Crippen LogP contribution < -0.4 is 16.0 Å². The highest BCUT2D eigenvalue weighted by atomic mass is 35.5. The Morgan fingerprint density at radius 2 is 2.05 bits per heavy atom. The van der Waals surface area contributed by atoms with Gasteiger partial charge < -0.3 is 16.0 Å². The lowest BCUT2D eigenvalue weighted by atomic mass is 10.3. The molecular weight excluding hydrogens is 272 g/mol. The molecule has 0 saturated carbocycles. The maximum absolute atomic E-state index is 5.83. The van der Waals surface area contributed by atoms with Gasteiger partial charge in [0, 0.05) is 32.0 Å². The SMILES string of the molecule is CN(CCCNc1ncc(Cl)cc1N)c1ccccc1. The molecule has 0 spiro atoms. The highest BCUT2D eigenvalue weighted by molar-refractivity contribution is 6.30. The van der Waals surface area contributed by atoms with Crippen molar-refractivity contribution in [2.75, 3.05) is 36.1 Å². The van der Waals surface area contributed by atoms with Crippen molar-refractivity contribution in [2.24, 2.45) is 0 Å². The molecule has 0 bridgehead atoms. The molecule has 2 aromatic rings. The Hall–Kier alpha value is -1.94. The molecule has 0 atom stereocenters. The molecule has 5 heteroatoms. The Bertz CT molecular complexity index is 545. The zero-order valence-corrected chi connectivity index (χ0v) is 12.3. The van der Waals surface area contributed by atoms with Crippen LogP contribution in [0.5, 0.6) is 0 Å². The summed E-state index contributed by atoms with van der Waals surface area (Å²) in [5.41, 5.74) is 7.63. The van der Waals surface area contributed by atoms with Gasteiger partial charge >= 0.3 is 0 Å². The first-order valence-corrected chi connectivity index (χ1v) is 6.95. The normalized spacial score (nSPS) is 10.3. The number of hydrogen-bond donors (Lipinski definition) is 2. The minimum atomic E-state index is 0.553. The average molecular weight is 291 g/mol. The predicted molar refractivity (Wildman–Crippen MR) is 86.5 cm³/mol. The molecule has 0 saturated heterocycles. The lowest BCUT2D eigenvalue weighted by Crippen LogP contribution is -2.21. The Morgan fingerprint density at radius 3 is 2.75 bits per heavy atom. The summed E-state index contributed by atoms with van der Waals surface area (Å²) in [5, 5.41) is 3.78. The van der Waals surface area contributed by atoms with E-state index in [0.717, 1.165) is 19.5 Å². The van der Waals surface area contributed by atoms with Crippen LogP contribution in [0.1, 0.15) is 6.42 Å². The summed E-state index contributed by atoms with van der Waals surface area (Å²) in [6, 6.07) is 12.0. The molecule has 20 heavy (non-hydrogen) atoms. The number of nitrogens with two attached hydrogens (primary N) is 1. The number of halogens is 1. The number of para-hydroxylation sites is 1. The fraction of sp³-hybridized carbons (Fsp3) is 0.267. The van der Waals surface area contributed by atoms with Crippen molar-refractivity contribution in [1.29, 1.82) is 0 Å². The van der Waals surface area contributed by atoms with Crippen molar-refractivity contribution in [1.82, 2.24) is 4.98 Å². The van der Waals surface area contributed by atoms with Crippen LogP contribution >= 0.6 is 11.6 Å². The van der Waals surface area contributed by atoms with E-state index in [-0.39, 0.29) is 0 Å². The van der Waals surface area contributed by atoms with E-state index in [2.05, 4.69) is 34.4 Å². The minimum Gasteiger partial charge on any atom is -0.396 e. The van der Waals surface area contributed by atoms with E-state index < -0.39 is 0 Å². The van der Waals surface area contributed by atoms with Crippen molar-refractivity contribution in [3.63, 3.8) is 0 Å². The monoisotopic (exact) mass is 290 g/mol. The molecule has 1 heterocycles. The number of hydrogen-bond acceptors (Lipinski definition) is 4. The van der Waals surface area contributed by atoms with Gasteiger partial charge in [0.25, 0.3) is 0 Å². The number of aromatic nitrogens is 1. The van der Waals surface area contributed by atoms with Gasteiger partial charge in [0.15, 0.2) is 0 Å². The summed E-state index contributed by atoms with van der Waals surface area (Å²) >= 11 is 5.81. The quantitative estimate of drug-likeness (QED) is 0.802. The van der Waals surface area contributed by atoms with Gasteiger partial charge in [-0.2, -0.15) is 0 Å². The van der Waals surface area contributed by atoms with Gasteiger partial charge in [-0.05, 0) is 24.6 Å². The molecular formula is C15H19ClN4. The third-order valence-corrected chi connectivity index (χ3v) is 3.25. The van der Waals surface area contributed by atoms with E-state index in [0.29, 0.717) is 16.5 Å². The number of pyridine rings is 1. The van der Waals surface area contributed by atoms with Crippen molar-refractivity contribution in [2.45, 2.75) is 6.42 Å². The zero-order chi connectivity index (χ0) is 14.4. The van der Waals surface area contributed by atoms with Crippen LogP contribution in [0.25, 0.3) is 0 Å². The van der Waals surface area contributed by atoms with Crippen LogP contribution in [-0.4, -0.2) is 25.1 Å². The van der Waals surface area contributed by atoms with Crippen molar-refractivity contribution < 1.29 is 0 Å². The van der Waals surface area contributed by atoms with Gasteiger partial charge in [-0.25, -0.2) is 4.98 Å². The molecule has 0 amide bonds. The van der Waals surface area contributed by atoms with E-state index in [1.54, 1.807) is 12.3 Å². The second-order valence-electron chi connectivity index (χ2n) is 4.63. The van der Waals surface area contributed by atoms with Crippen LogP contribution in [0, 0.1) is 0 Å². The number of nitrogens with zero attached hydrogens (tertiary/aromatic N) is 2. The molecule has 0 aliphatic carbocycles. The first-order chi connectivity index (χ1) is 9.66. The van der Waals surface area contributed by atoms with Gasteiger partial charge in [0.2, 0.25) is 0 Å². The lowest BCUT2D eigenvalue weighted by molar-refractivity contribution is 0.814. The number of nitrogens with one attached hydrogen (secondary N) is 1. The number of nitrogen functional groups attached to an aromatic ring is 1. The van der Waals surface area contributed by atoms with Gasteiger partial charge in [-0.1, -0.05) is 29.8 Å². The van der Waals surface area contributed by atoms with Crippen molar-refractivity contribution in [3.05, 3.63) is 47.6 Å². The zero-order valence-electron chi connectivity index (χ0n) is 11.5. The Balaban J connectivity index is 1.76. The summed E-state index contributed by atoms with van der Waals surface area (Å²) in [6.45, 7) is 1.78. The molecule has 4 nitrogen and oxygen atoms in total. The smallest absolute Gasteiger partial charge is 0.149 e. The van der Waals surface area contributed by atoms with E-state index in [9.17, 15) is 0 Å². The van der Waals surface area contributed by atoms with Crippen LogP contribution in [-0.2, 0) is 0 Å². The summed E-state index contributed by atoms with van der Waals surface area (Å²) in [5.74, 6) is 0.691. The van der Waals surface area contributed by atoms with Gasteiger partial charge in [-0.3, -0.25) is 0 Å². The summed E-state index contributed by atoms with van der Waals surface area (Å²) in [6.07, 6.45) is 2.59. The fourth-order valence-electron chi connectivity index (χ4n) is 1.94. The predicted octanol–water partition coefficient (Wildman–Crippen LogP) is 3.26. The second-order valence-corrected chi connectivity index (χ2v) is 5.07. The third kappa shape index (κ3) is 4.03. The van der Waals surface area contributed by atoms with Crippen LogP contribution in [0.4, 0.5) is 17.2 Å². The van der Waals surface area contributed by atoms with Crippen LogP contribution in [0.3, 0.4) is 0 Å². The molecule has 0 aliphatic heterocycles. The molecule has 0 radical (unpaired) electrons. The largest absolute Gasteiger partial charge is 0.396 e. The Morgan fingerprint density at radius 1 is 1.30 bits per heavy atom. The standard InChI is InChI=1S/C15H19ClN4/c1-20(13-6-3-2-4-7-13)9-5-8-18-15-14(17)10-12(16)11-19-15/h2-4,6-7,10-11H,5,8-9,17H2,1H3,(H,18,19). The fourth-order valence-corrected chi connectivity index (χ4v) is 2.10. The highest BCUT2D eigenvalue weighted by Crippen LogP contribution is 2.19. The lowest BCUT2D eigenvalue weighted by Gasteiger charge is -2.19. The molecule has 0 unspecified atom stereocenters. The van der Waals surface area contributed by atoms with Crippen LogP contribution in [0.2, 0.25) is 5.02 Å². The molecule has 1 aromatic carbocycles. The van der Waals surface area contributed by atoms with Gasteiger partial charge in [0.1, 0.15) is 5.82 Å². The Kier molecular flexibility index (Phi) is 5.07. The van der Waals surface area contributed by atoms with E-state index >= 15 is 0 Å². The first kappa shape index (κ1) is 14.5. The first-order valence-electron chi connectivity index (χ1n) is 6.58. The van der Waals surface area contributed by atoms with E-state index in [4.69, 9.17) is 17.3 Å². The number of benzene rings is 1. The second kappa shape index (κ2) is 7.01. The molecule has 2 rings (SSSR count). The summed E-state index contributed by atoms with van der Waals surface area (Å²) < 4.78 is 0. The Labute approximate surface area is 124 Å². The molecule has 0 aliphatic rings. The average Bonchev–Trinajstić information content (AvgIpc) is 2.46. The third-order valence-electron chi connectivity index (χ3n) is 3.04. The van der Waals surface area contributed by atoms with E-state index in [1.165, 1.54) is 5.69 Å². The van der Waals surface area contributed by atoms with Crippen LogP contribution in [0.15, 0.2) is 42.6 Å². The minimum absolute atomic E-state index is 0.553. The van der Waals surface area contributed by atoms with Gasteiger partial charge in [0.05, 0.1) is 10.7 Å². The van der Waals surface area contributed by atoms with E-state index in [1.807, 2.05) is 18.2 Å². The maximum atomic E-state index is 5.83. The number of anilines is 3. The molecule has 3 N–H and O–H groups in total. The van der Waals surface area contributed by atoms with Crippen molar-refractivity contribution >= 4 is 28.8 Å². The summed E-state index contributed by atoms with van der Waals surface area (Å²) in [7, 11) is 2.09. The molecule has 0 fully saturated rings. The highest BCUT2D eigenvalue weighted by Gasteiger charge is 2.02. The maximum Gasteiger partial charge on any atom is 0.149 e.